The number of hydrogen-bond acceptors (Lipinski definition) is 3. The van der Waals surface area contributed by atoms with Gasteiger partial charge in [0.2, 0.25) is 0 Å². The molecule has 3 nitrogen and oxygen atoms in total. The molecule has 2 N–H and O–H groups in total. The Hall–Kier alpha value is -0.350. The molecule has 1 rings (SSSR count). The number of allylic oxidation sites excluding steroid dienone is 1. The van der Waals surface area contributed by atoms with E-state index in [9.17, 15) is 8.42 Å². The third kappa shape index (κ3) is 4.34. The molecule has 0 spiro atoms. The summed E-state index contributed by atoms with van der Waals surface area (Å²) in [4.78, 5) is 0. The van der Waals surface area contributed by atoms with Crippen LogP contribution >= 0.6 is 0 Å². The molecule has 0 aromatic rings. The topological polar surface area (TPSA) is 60.2 Å². The third-order valence-electron chi connectivity index (χ3n) is 3.01. The molecule has 0 amide bonds. The van der Waals surface area contributed by atoms with Crippen LogP contribution in [0.2, 0.25) is 0 Å². The summed E-state index contributed by atoms with van der Waals surface area (Å²) in [6, 6.07) is 0. The van der Waals surface area contributed by atoms with E-state index in [0.29, 0.717) is 12.5 Å². The molecular formula is C11H21NO2S. The molecule has 0 bridgehead atoms. The highest BCUT2D eigenvalue weighted by Crippen LogP contribution is 2.29. The lowest BCUT2D eigenvalue weighted by molar-refractivity contribution is 0.414. The highest BCUT2D eigenvalue weighted by atomic mass is 32.2. The van der Waals surface area contributed by atoms with Gasteiger partial charge in [-0.2, -0.15) is 0 Å². The summed E-state index contributed by atoms with van der Waals surface area (Å²) in [7, 11) is -2.85. The highest BCUT2D eigenvalue weighted by molar-refractivity contribution is 7.91. The van der Waals surface area contributed by atoms with Gasteiger partial charge in [0, 0.05) is 6.26 Å². The van der Waals surface area contributed by atoms with Crippen LogP contribution in [-0.4, -0.2) is 26.5 Å². The fourth-order valence-corrected chi connectivity index (χ4v) is 3.32. The monoisotopic (exact) mass is 231 g/mol. The minimum atomic E-state index is -2.85. The van der Waals surface area contributed by atoms with E-state index in [4.69, 9.17) is 5.73 Å². The van der Waals surface area contributed by atoms with Gasteiger partial charge >= 0.3 is 0 Å². The zero-order chi connectivity index (χ0) is 11.3. The molecule has 1 aliphatic carbocycles. The van der Waals surface area contributed by atoms with Gasteiger partial charge in [0.25, 0.3) is 0 Å². The molecule has 1 fully saturated rings. The first kappa shape index (κ1) is 12.7. The van der Waals surface area contributed by atoms with E-state index in [1.54, 1.807) is 0 Å². The van der Waals surface area contributed by atoms with Gasteiger partial charge in [-0.1, -0.05) is 18.6 Å². The first-order valence-corrected chi connectivity index (χ1v) is 7.55. The summed E-state index contributed by atoms with van der Waals surface area (Å²) in [6.45, 7) is 0.665. The summed E-state index contributed by atoms with van der Waals surface area (Å²) in [6.07, 6.45) is 10.2. The molecule has 15 heavy (non-hydrogen) atoms. The third-order valence-corrected chi connectivity index (χ3v) is 4.65. The smallest absolute Gasteiger partial charge is 0.150 e. The van der Waals surface area contributed by atoms with Crippen molar-refractivity contribution in [3.63, 3.8) is 0 Å². The molecule has 2 atom stereocenters. The van der Waals surface area contributed by atoms with Gasteiger partial charge in [-0.05, 0) is 38.1 Å². The fraction of sp³-hybridized carbons (Fsp3) is 0.818. The SMILES string of the molecule is CS(=O)(=O)C1CCCC(/C=C/CCN)C1. The maximum absolute atomic E-state index is 11.4. The number of rotatable bonds is 4. The number of hydrogen-bond donors (Lipinski definition) is 1. The second kappa shape index (κ2) is 5.66. The van der Waals surface area contributed by atoms with Gasteiger partial charge in [-0.15, -0.1) is 0 Å². The minimum Gasteiger partial charge on any atom is -0.330 e. The molecule has 4 heteroatoms. The molecule has 2 unspecified atom stereocenters. The molecule has 0 saturated heterocycles. The fourth-order valence-electron chi connectivity index (χ4n) is 2.13. The van der Waals surface area contributed by atoms with Crippen molar-refractivity contribution in [1.82, 2.24) is 0 Å². The zero-order valence-electron chi connectivity index (χ0n) is 9.35. The molecular weight excluding hydrogens is 210 g/mol. The summed E-state index contributed by atoms with van der Waals surface area (Å²) < 4.78 is 22.8. The lowest BCUT2D eigenvalue weighted by atomic mass is 9.88. The van der Waals surface area contributed by atoms with Gasteiger partial charge < -0.3 is 5.73 Å². The minimum absolute atomic E-state index is 0.126. The van der Waals surface area contributed by atoms with E-state index < -0.39 is 9.84 Å². The second-order valence-electron chi connectivity index (χ2n) is 4.38. The van der Waals surface area contributed by atoms with Crippen LogP contribution in [0, 0.1) is 5.92 Å². The Bertz CT molecular complexity index is 309. The molecule has 88 valence electrons. The van der Waals surface area contributed by atoms with Gasteiger partial charge in [-0.3, -0.25) is 0 Å². The molecule has 0 radical (unpaired) electrons. The Labute approximate surface area is 92.7 Å². The summed E-state index contributed by atoms with van der Waals surface area (Å²) in [5.41, 5.74) is 5.39. The zero-order valence-corrected chi connectivity index (χ0v) is 10.2. The second-order valence-corrected chi connectivity index (χ2v) is 6.71. The van der Waals surface area contributed by atoms with Crippen molar-refractivity contribution >= 4 is 9.84 Å². The van der Waals surface area contributed by atoms with Crippen LogP contribution in [0.3, 0.4) is 0 Å². The Morgan fingerprint density at radius 1 is 1.40 bits per heavy atom. The lowest BCUT2D eigenvalue weighted by Crippen LogP contribution is -2.26. The van der Waals surface area contributed by atoms with Crippen molar-refractivity contribution in [2.24, 2.45) is 11.7 Å². The average molecular weight is 231 g/mol. The Balaban J connectivity index is 2.49. The van der Waals surface area contributed by atoms with Crippen molar-refractivity contribution in [3.05, 3.63) is 12.2 Å². The van der Waals surface area contributed by atoms with Crippen LogP contribution in [0.5, 0.6) is 0 Å². The number of nitrogens with two attached hydrogens (primary N) is 1. The Kier molecular flexibility index (Phi) is 4.80. The average Bonchev–Trinajstić information content (AvgIpc) is 2.17. The lowest BCUT2D eigenvalue weighted by Gasteiger charge is -2.25. The van der Waals surface area contributed by atoms with E-state index in [1.165, 1.54) is 6.26 Å². The molecule has 0 aromatic heterocycles. The molecule has 1 saturated carbocycles. The highest BCUT2D eigenvalue weighted by Gasteiger charge is 2.27. The summed E-state index contributed by atoms with van der Waals surface area (Å²) in [5, 5.41) is -0.126. The van der Waals surface area contributed by atoms with E-state index in [0.717, 1.165) is 32.1 Å². The van der Waals surface area contributed by atoms with Crippen LogP contribution in [0.25, 0.3) is 0 Å². The molecule has 0 heterocycles. The first-order valence-electron chi connectivity index (χ1n) is 5.59. The van der Waals surface area contributed by atoms with Crippen LogP contribution in [0.1, 0.15) is 32.1 Å². The van der Waals surface area contributed by atoms with E-state index >= 15 is 0 Å². The molecule has 0 aliphatic heterocycles. The Morgan fingerprint density at radius 2 is 2.13 bits per heavy atom. The standard InChI is InChI=1S/C11H21NO2S/c1-15(13,14)11-7-4-6-10(9-11)5-2-3-8-12/h2,5,10-11H,3-4,6-9,12H2,1H3/b5-2+. The largest absolute Gasteiger partial charge is 0.330 e. The van der Waals surface area contributed by atoms with Crippen LogP contribution < -0.4 is 5.73 Å². The Morgan fingerprint density at radius 3 is 2.73 bits per heavy atom. The van der Waals surface area contributed by atoms with Crippen molar-refractivity contribution in [1.29, 1.82) is 0 Å². The van der Waals surface area contributed by atoms with Gasteiger partial charge in [0.1, 0.15) is 9.84 Å². The van der Waals surface area contributed by atoms with Gasteiger partial charge in [-0.25, -0.2) is 8.42 Å². The van der Waals surface area contributed by atoms with Gasteiger partial charge in [0.05, 0.1) is 5.25 Å². The van der Waals surface area contributed by atoms with Crippen LogP contribution in [0.4, 0.5) is 0 Å². The van der Waals surface area contributed by atoms with E-state index in [-0.39, 0.29) is 5.25 Å². The van der Waals surface area contributed by atoms with Crippen molar-refractivity contribution < 1.29 is 8.42 Å². The van der Waals surface area contributed by atoms with Crippen molar-refractivity contribution in [2.45, 2.75) is 37.4 Å². The van der Waals surface area contributed by atoms with E-state index in [2.05, 4.69) is 12.2 Å². The van der Waals surface area contributed by atoms with Crippen molar-refractivity contribution in [3.8, 4) is 0 Å². The predicted octanol–water partition coefficient (Wildman–Crippen LogP) is 1.49. The molecule has 0 aromatic carbocycles. The quantitative estimate of drug-likeness (QED) is 0.746. The van der Waals surface area contributed by atoms with Crippen molar-refractivity contribution in [2.75, 3.05) is 12.8 Å². The first-order chi connectivity index (χ1) is 7.04. The number of sulfone groups is 1. The van der Waals surface area contributed by atoms with E-state index in [1.807, 2.05) is 0 Å². The predicted molar refractivity (Wildman–Crippen MR) is 63.4 cm³/mol. The van der Waals surface area contributed by atoms with Crippen LogP contribution in [-0.2, 0) is 9.84 Å². The summed E-state index contributed by atoms with van der Waals surface area (Å²) >= 11 is 0. The van der Waals surface area contributed by atoms with Crippen LogP contribution in [0.15, 0.2) is 12.2 Å². The summed E-state index contributed by atoms with van der Waals surface area (Å²) in [5.74, 6) is 0.435. The normalized spacial score (nSPS) is 28.4. The maximum Gasteiger partial charge on any atom is 0.150 e. The maximum atomic E-state index is 11.4. The van der Waals surface area contributed by atoms with Gasteiger partial charge in [0.15, 0.2) is 0 Å². The molecule has 1 aliphatic rings.